The monoisotopic (exact) mass is 324 g/mol. The van der Waals surface area contributed by atoms with Crippen molar-refractivity contribution < 1.29 is 4.79 Å². The molecule has 0 saturated carbocycles. The van der Waals surface area contributed by atoms with E-state index < -0.39 is 0 Å². The number of aryl methyl sites for hydroxylation is 1. The van der Waals surface area contributed by atoms with E-state index >= 15 is 0 Å². The summed E-state index contributed by atoms with van der Waals surface area (Å²) >= 11 is 0. The zero-order valence-corrected chi connectivity index (χ0v) is 13.7. The van der Waals surface area contributed by atoms with E-state index in [0.29, 0.717) is 0 Å². The fourth-order valence-corrected chi connectivity index (χ4v) is 3.55. The van der Waals surface area contributed by atoms with Crippen molar-refractivity contribution in [1.29, 1.82) is 0 Å². The smallest absolute Gasteiger partial charge is 0.246 e. The average molecular weight is 324 g/mol. The van der Waals surface area contributed by atoms with E-state index in [2.05, 4.69) is 27.8 Å². The summed E-state index contributed by atoms with van der Waals surface area (Å²) in [4.78, 5) is 20.9. The third-order valence-electron chi connectivity index (χ3n) is 4.61. The third kappa shape index (κ3) is 2.46. The summed E-state index contributed by atoms with van der Waals surface area (Å²) in [6.07, 6.45) is 5.12. The van der Waals surface area contributed by atoms with Crippen LogP contribution in [-0.2, 0) is 17.9 Å². The molecule has 0 radical (unpaired) electrons. The molecule has 7 heteroatoms. The van der Waals surface area contributed by atoms with Gasteiger partial charge in [0.25, 0.3) is 0 Å². The van der Waals surface area contributed by atoms with Gasteiger partial charge in [0.15, 0.2) is 0 Å². The van der Waals surface area contributed by atoms with Gasteiger partial charge in [-0.1, -0.05) is 12.1 Å². The number of fused-ring (bicyclic) bond motifs is 1. The number of nitrogens with zero attached hydrogens (tertiary/aromatic N) is 6. The SMILES string of the molecule is CCn1c([C@H]2CCCN2C(=O)Cn2nccn2)nc2ccccc21. The molecule has 0 bridgehead atoms. The molecule has 1 aliphatic rings. The van der Waals surface area contributed by atoms with Gasteiger partial charge in [-0.3, -0.25) is 4.79 Å². The number of imidazole rings is 1. The first-order valence-corrected chi connectivity index (χ1v) is 8.36. The van der Waals surface area contributed by atoms with E-state index in [0.717, 1.165) is 42.8 Å². The number of aromatic nitrogens is 5. The topological polar surface area (TPSA) is 68.8 Å². The van der Waals surface area contributed by atoms with Crippen molar-refractivity contribution in [2.75, 3.05) is 6.54 Å². The highest BCUT2D eigenvalue weighted by Gasteiger charge is 2.33. The van der Waals surface area contributed by atoms with Crippen LogP contribution >= 0.6 is 0 Å². The van der Waals surface area contributed by atoms with Crippen LogP contribution in [0.1, 0.15) is 31.6 Å². The van der Waals surface area contributed by atoms with Crippen molar-refractivity contribution in [1.82, 2.24) is 29.4 Å². The fraction of sp³-hybridized carbons (Fsp3) is 0.412. The lowest BCUT2D eigenvalue weighted by Gasteiger charge is -2.24. The molecule has 1 atom stereocenters. The van der Waals surface area contributed by atoms with Crippen LogP contribution in [0.25, 0.3) is 11.0 Å². The minimum atomic E-state index is 0.0282. The first-order valence-electron chi connectivity index (χ1n) is 8.36. The van der Waals surface area contributed by atoms with Crippen molar-refractivity contribution in [2.24, 2.45) is 0 Å². The maximum Gasteiger partial charge on any atom is 0.246 e. The highest BCUT2D eigenvalue weighted by molar-refractivity contribution is 5.78. The Morgan fingerprint density at radius 3 is 2.83 bits per heavy atom. The van der Waals surface area contributed by atoms with Crippen LogP contribution in [0, 0.1) is 0 Å². The van der Waals surface area contributed by atoms with Gasteiger partial charge >= 0.3 is 0 Å². The summed E-state index contributed by atoms with van der Waals surface area (Å²) in [6, 6.07) is 8.17. The molecule has 1 fully saturated rings. The molecule has 0 spiro atoms. The van der Waals surface area contributed by atoms with Gasteiger partial charge in [0, 0.05) is 13.1 Å². The summed E-state index contributed by atoms with van der Waals surface area (Å²) in [7, 11) is 0. The normalized spacial score (nSPS) is 17.7. The lowest BCUT2D eigenvalue weighted by Crippen LogP contribution is -2.35. The summed E-state index contributed by atoms with van der Waals surface area (Å²) in [6.45, 7) is 3.90. The van der Waals surface area contributed by atoms with Gasteiger partial charge in [0.05, 0.1) is 29.5 Å². The predicted octanol–water partition coefficient (Wildman–Crippen LogP) is 2.01. The van der Waals surface area contributed by atoms with E-state index in [1.165, 1.54) is 4.80 Å². The second-order valence-electron chi connectivity index (χ2n) is 6.01. The molecule has 124 valence electrons. The Kier molecular flexibility index (Phi) is 3.76. The summed E-state index contributed by atoms with van der Waals surface area (Å²) in [5.74, 6) is 1.03. The first kappa shape index (κ1) is 14.9. The zero-order chi connectivity index (χ0) is 16.5. The quantitative estimate of drug-likeness (QED) is 0.736. The standard InChI is InChI=1S/C17H20N6O/c1-2-21-14-7-4-3-6-13(14)20-17(21)15-8-5-11-22(15)16(24)12-23-18-9-10-19-23/h3-4,6-7,9-10,15H,2,5,8,11-12H2,1H3/t15-/m1/s1. The van der Waals surface area contributed by atoms with E-state index in [4.69, 9.17) is 4.98 Å². The number of likely N-dealkylation sites (tertiary alicyclic amines) is 1. The number of para-hydroxylation sites is 2. The number of rotatable bonds is 4. The lowest BCUT2D eigenvalue weighted by molar-refractivity contribution is -0.133. The molecule has 0 unspecified atom stereocenters. The highest BCUT2D eigenvalue weighted by atomic mass is 16.2. The Bertz CT molecular complexity index is 853. The van der Waals surface area contributed by atoms with Crippen LogP contribution < -0.4 is 0 Å². The van der Waals surface area contributed by atoms with Gasteiger partial charge < -0.3 is 9.47 Å². The van der Waals surface area contributed by atoms with E-state index in [-0.39, 0.29) is 18.5 Å². The van der Waals surface area contributed by atoms with Gasteiger partial charge in [0.2, 0.25) is 5.91 Å². The van der Waals surface area contributed by atoms with Crippen molar-refractivity contribution >= 4 is 16.9 Å². The van der Waals surface area contributed by atoms with Crippen molar-refractivity contribution in [3.63, 3.8) is 0 Å². The molecule has 1 aliphatic heterocycles. The maximum atomic E-state index is 12.7. The molecule has 7 nitrogen and oxygen atoms in total. The molecule has 1 aromatic carbocycles. The van der Waals surface area contributed by atoms with Gasteiger partial charge in [0.1, 0.15) is 12.4 Å². The molecule has 1 saturated heterocycles. The summed E-state index contributed by atoms with van der Waals surface area (Å²) in [5, 5.41) is 8.06. The molecule has 4 rings (SSSR count). The van der Waals surface area contributed by atoms with E-state index in [1.54, 1.807) is 12.4 Å². The molecular weight excluding hydrogens is 304 g/mol. The number of hydrogen-bond acceptors (Lipinski definition) is 4. The third-order valence-corrected chi connectivity index (χ3v) is 4.61. The van der Waals surface area contributed by atoms with E-state index in [1.807, 2.05) is 23.1 Å². The average Bonchev–Trinajstić information content (AvgIpc) is 3.33. The molecule has 0 N–H and O–H groups in total. The predicted molar refractivity (Wildman–Crippen MR) is 89.1 cm³/mol. The van der Waals surface area contributed by atoms with Crippen molar-refractivity contribution in [2.45, 2.75) is 38.9 Å². The maximum absolute atomic E-state index is 12.7. The number of amides is 1. The van der Waals surface area contributed by atoms with Crippen LogP contribution in [0.3, 0.4) is 0 Å². The Morgan fingerprint density at radius 1 is 1.25 bits per heavy atom. The molecule has 1 amide bonds. The molecular formula is C17H20N6O. The van der Waals surface area contributed by atoms with Gasteiger partial charge in [-0.25, -0.2) is 4.98 Å². The van der Waals surface area contributed by atoms with Crippen molar-refractivity contribution in [3.8, 4) is 0 Å². The van der Waals surface area contributed by atoms with Crippen LogP contribution in [0.4, 0.5) is 0 Å². The molecule has 2 aromatic heterocycles. The number of benzene rings is 1. The minimum Gasteiger partial charge on any atom is -0.331 e. The Hall–Kier alpha value is -2.70. The molecule has 0 aliphatic carbocycles. The van der Waals surface area contributed by atoms with Crippen LogP contribution in [0.2, 0.25) is 0 Å². The zero-order valence-electron chi connectivity index (χ0n) is 13.7. The first-order chi connectivity index (χ1) is 11.8. The van der Waals surface area contributed by atoms with Crippen LogP contribution in [-0.4, -0.2) is 41.9 Å². The lowest BCUT2D eigenvalue weighted by atomic mass is 10.2. The van der Waals surface area contributed by atoms with Crippen LogP contribution in [0.5, 0.6) is 0 Å². The molecule has 24 heavy (non-hydrogen) atoms. The van der Waals surface area contributed by atoms with Gasteiger partial charge in [-0.15, -0.1) is 0 Å². The van der Waals surface area contributed by atoms with E-state index in [9.17, 15) is 4.79 Å². The Labute approximate surface area is 139 Å². The summed E-state index contributed by atoms with van der Waals surface area (Å²) < 4.78 is 2.22. The highest BCUT2D eigenvalue weighted by Crippen LogP contribution is 2.33. The van der Waals surface area contributed by atoms with Gasteiger partial charge in [-0.2, -0.15) is 15.0 Å². The summed E-state index contributed by atoms with van der Waals surface area (Å²) in [5.41, 5.74) is 2.12. The van der Waals surface area contributed by atoms with Gasteiger partial charge in [-0.05, 0) is 31.9 Å². The number of carbonyl (C=O) groups excluding carboxylic acids is 1. The molecule has 3 heterocycles. The largest absolute Gasteiger partial charge is 0.331 e. The Balaban J connectivity index is 1.66. The Morgan fingerprint density at radius 2 is 2.04 bits per heavy atom. The number of carbonyl (C=O) groups is 1. The second-order valence-corrected chi connectivity index (χ2v) is 6.01. The number of hydrogen-bond donors (Lipinski definition) is 0. The fourth-order valence-electron chi connectivity index (χ4n) is 3.55. The van der Waals surface area contributed by atoms with Crippen molar-refractivity contribution in [3.05, 3.63) is 42.5 Å². The minimum absolute atomic E-state index is 0.0282. The van der Waals surface area contributed by atoms with Crippen LogP contribution in [0.15, 0.2) is 36.7 Å². The second kappa shape index (κ2) is 6.07. The molecule has 3 aromatic rings.